The molecular formula is C19H20F3N3O2S. The van der Waals surface area contributed by atoms with E-state index < -0.39 is 12.8 Å². The molecule has 1 unspecified atom stereocenters. The lowest BCUT2D eigenvalue weighted by molar-refractivity contribution is -0.174. The molecule has 2 heterocycles. The number of nitrogens with zero attached hydrogens (tertiary/aromatic N) is 2. The van der Waals surface area contributed by atoms with Crippen LogP contribution in [0.25, 0.3) is 21.3 Å². The van der Waals surface area contributed by atoms with Crippen LogP contribution in [0.4, 0.5) is 19.0 Å². The lowest BCUT2D eigenvalue weighted by Crippen LogP contribution is -2.26. The largest absolute Gasteiger partial charge is 0.411 e. The molecule has 0 aliphatic carbocycles. The first-order valence-electron chi connectivity index (χ1n) is 8.61. The maximum absolute atomic E-state index is 12.3. The molecule has 2 aromatic heterocycles. The summed E-state index contributed by atoms with van der Waals surface area (Å²) in [4.78, 5) is 9.85. The number of aromatic nitrogens is 2. The summed E-state index contributed by atoms with van der Waals surface area (Å²) in [5, 5.41) is 6.01. The molecule has 1 aromatic carbocycles. The minimum atomic E-state index is -4.35. The highest BCUT2D eigenvalue weighted by Gasteiger charge is 2.27. The Hall–Kier alpha value is -2.23. The van der Waals surface area contributed by atoms with Gasteiger partial charge in [-0.05, 0) is 12.5 Å². The fourth-order valence-corrected chi connectivity index (χ4v) is 3.71. The second-order valence-corrected chi connectivity index (χ2v) is 7.15. The number of thiophene rings is 1. The fraction of sp³-hybridized carbons (Fsp3) is 0.368. The van der Waals surface area contributed by atoms with E-state index in [-0.39, 0.29) is 19.3 Å². The molecule has 0 saturated carbocycles. The summed E-state index contributed by atoms with van der Waals surface area (Å²) in [6, 6.07) is 9.43. The van der Waals surface area contributed by atoms with Crippen molar-refractivity contribution in [2.45, 2.75) is 25.7 Å². The van der Waals surface area contributed by atoms with Crippen LogP contribution in [-0.2, 0) is 16.1 Å². The molecule has 0 radical (unpaired) electrons. The average molecular weight is 411 g/mol. The highest BCUT2D eigenvalue weighted by molar-refractivity contribution is 7.17. The third-order valence-electron chi connectivity index (χ3n) is 3.85. The van der Waals surface area contributed by atoms with Crippen LogP contribution in [0.15, 0.2) is 35.7 Å². The van der Waals surface area contributed by atoms with Gasteiger partial charge in [0.15, 0.2) is 5.82 Å². The van der Waals surface area contributed by atoms with Gasteiger partial charge in [-0.15, -0.1) is 11.3 Å². The molecule has 1 N–H and O–H groups in total. The van der Waals surface area contributed by atoms with Crippen LogP contribution < -0.4 is 5.32 Å². The van der Waals surface area contributed by atoms with Gasteiger partial charge >= 0.3 is 6.18 Å². The summed E-state index contributed by atoms with van der Waals surface area (Å²) in [6.07, 6.45) is -4.35. The number of fused-ring (bicyclic) bond motifs is 1. The summed E-state index contributed by atoms with van der Waals surface area (Å²) in [6.45, 7) is 0.604. The highest BCUT2D eigenvalue weighted by Crippen LogP contribution is 2.37. The predicted molar refractivity (Wildman–Crippen MR) is 104 cm³/mol. The topological polar surface area (TPSA) is 56.3 Å². The Morgan fingerprint density at radius 3 is 2.61 bits per heavy atom. The molecule has 0 saturated heterocycles. The zero-order valence-electron chi connectivity index (χ0n) is 15.4. The first-order valence-corrected chi connectivity index (χ1v) is 9.49. The Balaban J connectivity index is 1.91. The summed E-state index contributed by atoms with van der Waals surface area (Å²) in [5.41, 5.74) is 1.98. The number of benzene rings is 1. The van der Waals surface area contributed by atoms with E-state index in [1.807, 2.05) is 35.7 Å². The Bertz CT molecular complexity index is 916. The average Bonchev–Trinajstić information content (AvgIpc) is 3.06. The van der Waals surface area contributed by atoms with Gasteiger partial charge in [0.2, 0.25) is 0 Å². The summed E-state index contributed by atoms with van der Waals surface area (Å²) >= 11 is 1.48. The number of nitrogens with one attached hydrogen (secondary N) is 1. The number of rotatable bonds is 8. The summed E-state index contributed by atoms with van der Waals surface area (Å²) in [7, 11) is 1.55. The molecular weight excluding hydrogens is 391 g/mol. The number of halogens is 3. The molecule has 150 valence electrons. The van der Waals surface area contributed by atoms with Crippen molar-refractivity contribution in [1.29, 1.82) is 0 Å². The lowest BCUT2D eigenvalue weighted by atomic mass is 10.1. The van der Waals surface area contributed by atoms with Crippen molar-refractivity contribution in [2.75, 3.05) is 25.6 Å². The zero-order valence-corrected chi connectivity index (χ0v) is 16.2. The van der Waals surface area contributed by atoms with E-state index in [4.69, 9.17) is 9.47 Å². The number of hydrogen-bond acceptors (Lipinski definition) is 6. The van der Waals surface area contributed by atoms with Gasteiger partial charge in [0.05, 0.1) is 12.0 Å². The molecule has 1 atom stereocenters. The molecule has 3 rings (SSSR count). The molecule has 3 aromatic rings. The zero-order chi connectivity index (χ0) is 20.1. The molecule has 0 amide bonds. The maximum Gasteiger partial charge on any atom is 0.411 e. The van der Waals surface area contributed by atoms with Gasteiger partial charge in [0, 0.05) is 24.1 Å². The van der Waals surface area contributed by atoms with Crippen LogP contribution in [0.5, 0.6) is 0 Å². The third-order valence-corrected chi connectivity index (χ3v) is 4.73. The van der Waals surface area contributed by atoms with Crippen molar-refractivity contribution < 1.29 is 22.6 Å². The molecule has 0 fully saturated rings. The first-order chi connectivity index (χ1) is 13.4. The number of anilines is 1. The second-order valence-electron chi connectivity index (χ2n) is 6.29. The van der Waals surface area contributed by atoms with E-state index in [0.717, 1.165) is 21.3 Å². The van der Waals surface area contributed by atoms with Gasteiger partial charge < -0.3 is 14.8 Å². The minimum Gasteiger partial charge on any atom is -0.377 e. The quantitative estimate of drug-likeness (QED) is 0.572. The Morgan fingerprint density at radius 1 is 1.18 bits per heavy atom. The van der Waals surface area contributed by atoms with Crippen LogP contribution in [-0.4, -0.2) is 42.5 Å². The standard InChI is InChI=1S/C19H20F3N3O2S/c1-12(8-27-11-19(20,21)22)23-17-16-14(13-6-4-3-5-7-13)10-28-18(16)25-15(24-17)9-26-2/h3-7,10,12H,8-9,11H2,1-2H3,(H,23,24,25). The van der Waals surface area contributed by atoms with Gasteiger partial charge in [-0.3, -0.25) is 0 Å². The van der Waals surface area contributed by atoms with Gasteiger partial charge in [-0.2, -0.15) is 13.2 Å². The number of methoxy groups -OCH3 is 1. The third kappa shape index (κ3) is 5.18. The highest BCUT2D eigenvalue weighted by atomic mass is 32.1. The predicted octanol–water partition coefficient (Wildman–Crippen LogP) is 4.88. The first kappa shape index (κ1) is 20.5. The number of ether oxygens (including phenoxy) is 2. The molecule has 5 nitrogen and oxygen atoms in total. The lowest BCUT2D eigenvalue weighted by Gasteiger charge is -2.17. The van der Waals surface area contributed by atoms with E-state index >= 15 is 0 Å². The minimum absolute atomic E-state index is 0.102. The number of alkyl halides is 3. The van der Waals surface area contributed by atoms with Crippen molar-refractivity contribution in [3.05, 3.63) is 41.5 Å². The maximum atomic E-state index is 12.3. The van der Waals surface area contributed by atoms with E-state index in [2.05, 4.69) is 15.3 Å². The molecule has 28 heavy (non-hydrogen) atoms. The van der Waals surface area contributed by atoms with Crippen molar-refractivity contribution >= 4 is 27.4 Å². The molecule has 0 bridgehead atoms. The van der Waals surface area contributed by atoms with E-state index in [1.54, 1.807) is 14.0 Å². The van der Waals surface area contributed by atoms with E-state index in [1.165, 1.54) is 11.3 Å². The van der Waals surface area contributed by atoms with Gasteiger partial charge in [-0.25, -0.2) is 9.97 Å². The summed E-state index contributed by atoms with van der Waals surface area (Å²) < 4.78 is 46.8. The Labute approximate surface area is 164 Å². The molecule has 9 heteroatoms. The molecule has 0 aliphatic rings. The van der Waals surface area contributed by atoms with Gasteiger partial charge in [0.25, 0.3) is 0 Å². The van der Waals surface area contributed by atoms with Gasteiger partial charge in [-0.1, -0.05) is 30.3 Å². The second kappa shape index (κ2) is 8.85. The van der Waals surface area contributed by atoms with Crippen LogP contribution in [0.2, 0.25) is 0 Å². The van der Waals surface area contributed by atoms with Gasteiger partial charge in [0.1, 0.15) is 23.9 Å². The van der Waals surface area contributed by atoms with E-state index in [0.29, 0.717) is 11.6 Å². The normalized spacial score (nSPS) is 13.0. The summed E-state index contributed by atoms with van der Waals surface area (Å²) in [5.74, 6) is 1.06. The van der Waals surface area contributed by atoms with Crippen LogP contribution in [0.3, 0.4) is 0 Å². The smallest absolute Gasteiger partial charge is 0.377 e. The van der Waals surface area contributed by atoms with Crippen LogP contribution in [0, 0.1) is 0 Å². The monoisotopic (exact) mass is 411 g/mol. The fourth-order valence-electron chi connectivity index (χ4n) is 2.74. The van der Waals surface area contributed by atoms with Crippen molar-refractivity contribution in [3.8, 4) is 11.1 Å². The van der Waals surface area contributed by atoms with E-state index in [9.17, 15) is 13.2 Å². The van der Waals surface area contributed by atoms with Crippen molar-refractivity contribution in [3.63, 3.8) is 0 Å². The van der Waals surface area contributed by atoms with Crippen LogP contribution in [0.1, 0.15) is 12.7 Å². The van der Waals surface area contributed by atoms with Crippen LogP contribution >= 0.6 is 11.3 Å². The Morgan fingerprint density at radius 2 is 1.93 bits per heavy atom. The Kier molecular flexibility index (Phi) is 6.48. The molecule has 0 spiro atoms. The SMILES string of the molecule is COCc1nc(NC(C)COCC(F)(F)F)c2c(-c3ccccc3)csc2n1. The molecule has 0 aliphatic heterocycles. The van der Waals surface area contributed by atoms with Crippen molar-refractivity contribution in [1.82, 2.24) is 9.97 Å². The van der Waals surface area contributed by atoms with Crippen molar-refractivity contribution in [2.24, 2.45) is 0 Å². The number of hydrogen-bond donors (Lipinski definition) is 1.